The first-order valence-corrected chi connectivity index (χ1v) is 8.08. The summed E-state index contributed by atoms with van der Waals surface area (Å²) in [5.41, 5.74) is 8.59. The van der Waals surface area contributed by atoms with Crippen LogP contribution in [0.25, 0.3) is 0 Å². The van der Waals surface area contributed by atoms with Crippen LogP contribution in [0.1, 0.15) is 31.2 Å². The molecule has 1 aromatic carbocycles. The third-order valence-electron chi connectivity index (χ3n) is 4.52. The summed E-state index contributed by atoms with van der Waals surface area (Å²) >= 11 is 0. The van der Waals surface area contributed by atoms with Crippen molar-refractivity contribution in [1.29, 1.82) is 0 Å². The smallest absolute Gasteiger partial charge is 0.120 e. The number of hydrogen-bond acceptors (Lipinski definition) is 4. The van der Waals surface area contributed by atoms with Crippen LogP contribution < -0.4 is 15.4 Å². The monoisotopic (exact) mass is 290 g/mol. The van der Waals surface area contributed by atoms with Gasteiger partial charge in [-0.2, -0.15) is 0 Å². The maximum Gasteiger partial charge on any atom is 0.120 e. The van der Waals surface area contributed by atoms with Crippen LogP contribution in [0, 0.1) is 6.92 Å². The Hall–Kier alpha value is -1.26. The van der Waals surface area contributed by atoms with Crippen LogP contribution in [-0.2, 0) is 4.74 Å². The van der Waals surface area contributed by atoms with E-state index in [9.17, 15) is 0 Å². The van der Waals surface area contributed by atoms with Crippen LogP contribution in [0.5, 0.6) is 5.75 Å². The molecule has 0 bridgehead atoms. The van der Waals surface area contributed by atoms with Crippen molar-refractivity contribution in [2.45, 2.75) is 44.8 Å². The van der Waals surface area contributed by atoms with Crippen LogP contribution in [-0.4, -0.2) is 38.4 Å². The fraction of sp³-hybridized carbons (Fsp3) is 0.647. The molecule has 2 aliphatic heterocycles. The summed E-state index contributed by atoms with van der Waals surface area (Å²) in [6, 6.07) is 6.84. The molecule has 0 saturated carbocycles. The summed E-state index contributed by atoms with van der Waals surface area (Å²) in [5, 5.41) is 0. The molecule has 0 aliphatic carbocycles. The molecule has 4 heteroatoms. The summed E-state index contributed by atoms with van der Waals surface area (Å²) in [6.07, 6.45) is 4.45. The Morgan fingerprint density at radius 3 is 2.52 bits per heavy atom. The Morgan fingerprint density at radius 2 is 1.86 bits per heavy atom. The Labute approximate surface area is 127 Å². The van der Waals surface area contributed by atoms with E-state index in [2.05, 4.69) is 30.0 Å². The van der Waals surface area contributed by atoms with E-state index in [1.165, 1.54) is 11.3 Å². The first kappa shape index (κ1) is 14.7. The van der Waals surface area contributed by atoms with Crippen molar-refractivity contribution in [3.63, 3.8) is 0 Å². The molecule has 116 valence electrons. The Balaban J connectivity index is 1.64. The van der Waals surface area contributed by atoms with Crippen LogP contribution in [0.15, 0.2) is 18.2 Å². The number of piperidine rings is 1. The maximum absolute atomic E-state index is 6.08. The van der Waals surface area contributed by atoms with Gasteiger partial charge >= 0.3 is 0 Å². The Kier molecular flexibility index (Phi) is 4.66. The number of ether oxygens (including phenoxy) is 2. The normalized spacial score (nSPS) is 21.5. The van der Waals surface area contributed by atoms with Gasteiger partial charge in [0.05, 0.1) is 13.2 Å². The highest BCUT2D eigenvalue weighted by Crippen LogP contribution is 2.28. The van der Waals surface area contributed by atoms with E-state index in [0.717, 1.165) is 57.7 Å². The van der Waals surface area contributed by atoms with Gasteiger partial charge in [0.15, 0.2) is 0 Å². The maximum atomic E-state index is 6.08. The molecule has 0 aromatic heterocycles. The zero-order valence-electron chi connectivity index (χ0n) is 12.9. The lowest BCUT2D eigenvalue weighted by atomic mass is 10.0. The van der Waals surface area contributed by atoms with Gasteiger partial charge in [-0.25, -0.2) is 0 Å². The van der Waals surface area contributed by atoms with Crippen LogP contribution >= 0.6 is 0 Å². The zero-order chi connectivity index (χ0) is 14.7. The van der Waals surface area contributed by atoms with Crippen molar-refractivity contribution in [1.82, 2.24) is 0 Å². The lowest BCUT2D eigenvalue weighted by Gasteiger charge is -2.33. The van der Waals surface area contributed by atoms with Crippen molar-refractivity contribution < 1.29 is 9.47 Å². The quantitative estimate of drug-likeness (QED) is 0.929. The Morgan fingerprint density at radius 1 is 1.14 bits per heavy atom. The summed E-state index contributed by atoms with van der Waals surface area (Å²) in [5.74, 6) is 0.983. The molecule has 0 atom stereocenters. The van der Waals surface area contributed by atoms with E-state index >= 15 is 0 Å². The zero-order valence-corrected chi connectivity index (χ0v) is 12.9. The van der Waals surface area contributed by atoms with Crippen molar-refractivity contribution in [2.75, 3.05) is 31.2 Å². The van der Waals surface area contributed by atoms with Gasteiger partial charge in [-0.3, -0.25) is 0 Å². The lowest BCUT2D eigenvalue weighted by molar-refractivity contribution is 0.0255. The molecule has 4 nitrogen and oxygen atoms in total. The molecular weight excluding hydrogens is 264 g/mol. The largest absolute Gasteiger partial charge is 0.490 e. The van der Waals surface area contributed by atoms with Gasteiger partial charge in [0.2, 0.25) is 0 Å². The highest BCUT2D eigenvalue weighted by atomic mass is 16.5. The number of aryl methyl sites for hydroxylation is 1. The second-order valence-corrected chi connectivity index (χ2v) is 6.20. The molecular formula is C17H26N2O2. The molecule has 2 fully saturated rings. The van der Waals surface area contributed by atoms with Crippen molar-refractivity contribution in [2.24, 2.45) is 5.73 Å². The van der Waals surface area contributed by atoms with Gasteiger partial charge in [-0.1, -0.05) is 0 Å². The lowest BCUT2D eigenvalue weighted by Crippen LogP contribution is -2.39. The molecule has 0 spiro atoms. The van der Waals surface area contributed by atoms with E-state index < -0.39 is 0 Å². The second-order valence-electron chi connectivity index (χ2n) is 6.20. The summed E-state index contributed by atoms with van der Waals surface area (Å²) in [6.45, 7) is 5.91. The summed E-state index contributed by atoms with van der Waals surface area (Å²) in [4.78, 5) is 2.44. The molecule has 2 saturated heterocycles. The fourth-order valence-corrected chi connectivity index (χ4v) is 3.18. The number of hydrogen-bond donors (Lipinski definition) is 1. The minimum absolute atomic E-state index is 0.303. The predicted octanol–water partition coefficient (Wildman–Crippen LogP) is 2.48. The average molecular weight is 290 g/mol. The van der Waals surface area contributed by atoms with Crippen molar-refractivity contribution in [3.8, 4) is 5.75 Å². The molecule has 1 aromatic rings. The number of nitrogens with two attached hydrogens (primary N) is 1. The number of rotatable bonds is 3. The van der Waals surface area contributed by atoms with E-state index in [-0.39, 0.29) is 0 Å². The first-order chi connectivity index (χ1) is 10.2. The average Bonchev–Trinajstić information content (AvgIpc) is 2.50. The Bertz CT molecular complexity index is 464. The second kappa shape index (κ2) is 6.67. The van der Waals surface area contributed by atoms with E-state index in [1.807, 2.05) is 0 Å². The molecule has 2 heterocycles. The molecule has 0 amide bonds. The summed E-state index contributed by atoms with van der Waals surface area (Å²) in [7, 11) is 0. The van der Waals surface area contributed by atoms with Gasteiger partial charge in [-0.05, 0) is 43.5 Å². The summed E-state index contributed by atoms with van der Waals surface area (Å²) < 4.78 is 11.4. The fourth-order valence-electron chi connectivity index (χ4n) is 3.18. The van der Waals surface area contributed by atoms with Gasteiger partial charge in [0.25, 0.3) is 0 Å². The predicted molar refractivity (Wildman–Crippen MR) is 85.1 cm³/mol. The molecule has 0 radical (unpaired) electrons. The van der Waals surface area contributed by atoms with Crippen molar-refractivity contribution in [3.05, 3.63) is 23.8 Å². The minimum atomic E-state index is 0.303. The van der Waals surface area contributed by atoms with Crippen molar-refractivity contribution >= 4 is 5.69 Å². The van der Waals surface area contributed by atoms with Gasteiger partial charge in [0, 0.05) is 37.7 Å². The molecule has 3 rings (SSSR count). The topological polar surface area (TPSA) is 47.7 Å². The van der Waals surface area contributed by atoms with E-state index in [4.69, 9.17) is 15.2 Å². The third kappa shape index (κ3) is 3.69. The molecule has 2 aliphatic rings. The standard InChI is InChI=1S/C17H26N2O2/c1-13-12-16(21-15-6-10-20-11-7-15)2-3-17(13)19-8-4-14(18)5-9-19/h2-3,12,14-15H,4-11,18H2,1H3. The third-order valence-corrected chi connectivity index (χ3v) is 4.52. The SMILES string of the molecule is Cc1cc(OC2CCOCC2)ccc1N1CCC(N)CC1. The van der Waals surface area contributed by atoms with Crippen LogP contribution in [0.3, 0.4) is 0 Å². The number of nitrogens with zero attached hydrogens (tertiary/aromatic N) is 1. The van der Waals surface area contributed by atoms with Gasteiger partial charge in [0.1, 0.15) is 11.9 Å². The number of anilines is 1. The minimum Gasteiger partial charge on any atom is -0.490 e. The highest BCUT2D eigenvalue weighted by Gasteiger charge is 2.19. The molecule has 0 unspecified atom stereocenters. The molecule has 21 heavy (non-hydrogen) atoms. The molecule has 2 N–H and O–H groups in total. The first-order valence-electron chi connectivity index (χ1n) is 8.08. The highest BCUT2D eigenvalue weighted by molar-refractivity contribution is 5.56. The number of benzene rings is 1. The van der Waals surface area contributed by atoms with Gasteiger partial charge < -0.3 is 20.1 Å². The van der Waals surface area contributed by atoms with Crippen LogP contribution in [0.4, 0.5) is 5.69 Å². The van der Waals surface area contributed by atoms with E-state index in [1.54, 1.807) is 0 Å². The van der Waals surface area contributed by atoms with Crippen LogP contribution in [0.2, 0.25) is 0 Å². The van der Waals surface area contributed by atoms with E-state index in [0.29, 0.717) is 12.1 Å². The van der Waals surface area contributed by atoms with Gasteiger partial charge in [-0.15, -0.1) is 0 Å².